The maximum Gasteiger partial charge on any atom is 0.255 e. The lowest BCUT2D eigenvalue weighted by molar-refractivity contribution is -0.136. The van der Waals surface area contributed by atoms with Crippen LogP contribution < -0.4 is 5.32 Å². The summed E-state index contributed by atoms with van der Waals surface area (Å²) in [6.07, 6.45) is 6.69. The fourth-order valence-electron chi connectivity index (χ4n) is 4.68. The first-order valence-electron chi connectivity index (χ1n) is 10.4. The number of carbonyl (C=O) groups is 3. The lowest BCUT2D eigenvalue weighted by Crippen LogP contribution is -2.52. The average molecular weight is 409 g/mol. The van der Waals surface area contributed by atoms with E-state index in [9.17, 15) is 19.5 Å². The minimum atomic E-state index is -0.939. The maximum absolute atomic E-state index is 13.0. The van der Waals surface area contributed by atoms with Crippen LogP contribution in [0.3, 0.4) is 0 Å². The van der Waals surface area contributed by atoms with Gasteiger partial charge in [-0.05, 0) is 37.0 Å². The fourth-order valence-corrected chi connectivity index (χ4v) is 4.68. The molecule has 1 aliphatic carbocycles. The molecule has 5 rings (SSSR count). The van der Waals surface area contributed by atoms with Gasteiger partial charge in [-0.1, -0.05) is 30.5 Å². The Hall–Kier alpha value is -3.07. The van der Waals surface area contributed by atoms with E-state index in [1.54, 1.807) is 16.9 Å². The van der Waals surface area contributed by atoms with Gasteiger partial charge >= 0.3 is 0 Å². The van der Waals surface area contributed by atoms with Gasteiger partial charge in [0.2, 0.25) is 11.8 Å². The molecule has 2 fully saturated rings. The summed E-state index contributed by atoms with van der Waals surface area (Å²) in [7, 11) is 0. The number of amides is 3. The summed E-state index contributed by atoms with van der Waals surface area (Å²) in [5, 5.41) is 21.5. The van der Waals surface area contributed by atoms with E-state index in [0.717, 1.165) is 24.8 Å². The predicted molar refractivity (Wildman–Crippen MR) is 104 cm³/mol. The van der Waals surface area contributed by atoms with E-state index in [-0.39, 0.29) is 18.2 Å². The van der Waals surface area contributed by atoms with Crippen LogP contribution >= 0.6 is 0 Å². The van der Waals surface area contributed by atoms with Crippen LogP contribution in [-0.4, -0.2) is 48.8 Å². The van der Waals surface area contributed by atoms with Gasteiger partial charge in [0.05, 0.1) is 11.9 Å². The van der Waals surface area contributed by atoms with Gasteiger partial charge in [-0.2, -0.15) is 0 Å². The quantitative estimate of drug-likeness (QED) is 0.735. The minimum Gasteiger partial charge on any atom is -0.383 e. The second kappa shape index (κ2) is 7.02. The molecular formula is C21H23N5O4. The molecule has 9 nitrogen and oxygen atoms in total. The Morgan fingerprint density at radius 3 is 2.70 bits per heavy atom. The van der Waals surface area contributed by atoms with Gasteiger partial charge in [-0.25, -0.2) is 4.68 Å². The van der Waals surface area contributed by atoms with Crippen LogP contribution in [0.2, 0.25) is 0 Å². The van der Waals surface area contributed by atoms with E-state index in [0.29, 0.717) is 42.8 Å². The molecule has 3 amide bonds. The van der Waals surface area contributed by atoms with Crippen LogP contribution in [0.15, 0.2) is 24.4 Å². The molecule has 2 N–H and O–H groups in total. The zero-order valence-corrected chi connectivity index (χ0v) is 16.5. The Labute approximate surface area is 173 Å². The van der Waals surface area contributed by atoms with Crippen LogP contribution in [-0.2, 0) is 21.7 Å². The molecule has 1 saturated carbocycles. The first-order valence-corrected chi connectivity index (χ1v) is 10.4. The van der Waals surface area contributed by atoms with Gasteiger partial charge in [0.25, 0.3) is 5.91 Å². The van der Waals surface area contributed by atoms with Gasteiger partial charge in [0, 0.05) is 18.5 Å². The first-order chi connectivity index (χ1) is 14.4. The number of fused-ring (bicyclic) bond motifs is 1. The Morgan fingerprint density at radius 2 is 1.93 bits per heavy atom. The van der Waals surface area contributed by atoms with Gasteiger partial charge in [0.15, 0.2) is 0 Å². The fraction of sp³-hybridized carbons (Fsp3) is 0.476. The summed E-state index contributed by atoms with van der Waals surface area (Å²) in [5.74, 6) is -0.953. The van der Waals surface area contributed by atoms with Crippen LogP contribution in [0.4, 0.5) is 0 Å². The van der Waals surface area contributed by atoms with E-state index >= 15 is 0 Å². The predicted octanol–water partition coefficient (Wildman–Crippen LogP) is 1.18. The maximum atomic E-state index is 13.0. The number of aromatic nitrogens is 3. The molecule has 9 heteroatoms. The van der Waals surface area contributed by atoms with Gasteiger partial charge in [-0.15, -0.1) is 5.10 Å². The Bertz CT molecular complexity index is 1040. The molecule has 2 aliphatic heterocycles. The van der Waals surface area contributed by atoms with Crippen molar-refractivity contribution in [3.63, 3.8) is 0 Å². The van der Waals surface area contributed by atoms with Crippen molar-refractivity contribution in [2.45, 2.75) is 63.1 Å². The normalized spacial score (nSPS) is 23.4. The highest BCUT2D eigenvalue weighted by Crippen LogP contribution is 2.36. The number of rotatable bonds is 3. The number of nitrogens with one attached hydrogen (secondary N) is 1. The number of carbonyl (C=O) groups excluding carboxylic acids is 3. The second-order valence-electron chi connectivity index (χ2n) is 8.38. The number of hydrogen-bond donors (Lipinski definition) is 2. The SMILES string of the molecule is O=C1CCC(N2Cc3ccc(-n4cc(C5(O)CCCCC5)nn4)cc3C2=O)C(=O)N1. The van der Waals surface area contributed by atoms with Gasteiger partial charge in [-0.3, -0.25) is 19.7 Å². The molecule has 1 aromatic carbocycles. The van der Waals surface area contributed by atoms with E-state index in [4.69, 9.17) is 0 Å². The summed E-state index contributed by atoms with van der Waals surface area (Å²) in [6.45, 7) is 0.336. The van der Waals surface area contributed by atoms with Crippen molar-refractivity contribution in [2.75, 3.05) is 0 Å². The molecule has 3 heterocycles. The van der Waals surface area contributed by atoms with E-state index < -0.39 is 17.6 Å². The van der Waals surface area contributed by atoms with Crippen LogP contribution in [0, 0.1) is 0 Å². The smallest absolute Gasteiger partial charge is 0.255 e. The summed E-state index contributed by atoms with van der Waals surface area (Å²) in [5.41, 5.74) is 1.64. The number of hydrogen-bond acceptors (Lipinski definition) is 6. The Morgan fingerprint density at radius 1 is 1.13 bits per heavy atom. The molecule has 0 bridgehead atoms. The van der Waals surface area contributed by atoms with Crippen molar-refractivity contribution in [3.05, 3.63) is 41.2 Å². The first kappa shape index (κ1) is 18.9. The molecule has 1 unspecified atom stereocenters. The van der Waals surface area contributed by atoms with Crippen molar-refractivity contribution in [2.24, 2.45) is 0 Å². The monoisotopic (exact) mass is 409 g/mol. The summed E-state index contributed by atoms with van der Waals surface area (Å²) in [6, 6.07) is 4.81. The zero-order chi connectivity index (χ0) is 20.9. The lowest BCUT2D eigenvalue weighted by atomic mass is 9.83. The molecule has 1 atom stereocenters. The van der Waals surface area contributed by atoms with Gasteiger partial charge in [0.1, 0.15) is 17.3 Å². The van der Waals surface area contributed by atoms with E-state index in [2.05, 4.69) is 15.6 Å². The molecule has 2 aromatic rings. The molecule has 1 saturated heterocycles. The second-order valence-corrected chi connectivity index (χ2v) is 8.38. The van der Waals surface area contributed by atoms with Gasteiger partial charge < -0.3 is 10.0 Å². The Kier molecular flexibility index (Phi) is 4.43. The third kappa shape index (κ3) is 3.09. The van der Waals surface area contributed by atoms with Crippen molar-refractivity contribution < 1.29 is 19.5 Å². The standard InChI is InChI=1S/C21H23N5O4/c27-18-7-6-16(19(28)22-18)25-11-13-4-5-14(10-15(13)20(25)29)26-12-17(23-24-26)21(30)8-2-1-3-9-21/h4-5,10,12,16,30H,1-3,6-9,11H2,(H,22,27,28). The van der Waals surface area contributed by atoms with Crippen molar-refractivity contribution >= 4 is 17.7 Å². The number of imide groups is 1. The molecule has 1 aromatic heterocycles. The highest BCUT2D eigenvalue weighted by atomic mass is 16.3. The van der Waals surface area contributed by atoms with Crippen molar-refractivity contribution in [1.82, 2.24) is 25.2 Å². The number of nitrogens with zero attached hydrogens (tertiary/aromatic N) is 4. The summed E-state index contributed by atoms with van der Waals surface area (Å²) in [4.78, 5) is 38.1. The molecule has 30 heavy (non-hydrogen) atoms. The Balaban J connectivity index is 1.39. The molecule has 3 aliphatic rings. The number of aliphatic hydroxyl groups is 1. The molecule has 0 spiro atoms. The molecule has 0 radical (unpaired) electrons. The largest absolute Gasteiger partial charge is 0.383 e. The third-order valence-corrected chi connectivity index (χ3v) is 6.43. The highest BCUT2D eigenvalue weighted by Gasteiger charge is 2.39. The third-order valence-electron chi connectivity index (χ3n) is 6.43. The molecular weight excluding hydrogens is 386 g/mol. The van der Waals surface area contributed by atoms with E-state index in [1.165, 1.54) is 4.90 Å². The summed E-state index contributed by atoms with van der Waals surface area (Å²) >= 11 is 0. The minimum absolute atomic E-state index is 0.229. The lowest BCUT2D eigenvalue weighted by Gasteiger charge is -2.29. The van der Waals surface area contributed by atoms with E-state index in [1.807, 2.05) is 12.1 Å². The highest BCUT2D eigenvalue weighted by molar-refractivity contribution is 6.05. The average Bonchev–Trinajstić information content (AvgIpc) is 3.35. The topological polar surface area (TPSA) is 117 Å². The van der Waals surface area contributed by atoms with Crippen molar-refractivity contribution in [3.8, 4) is 5.69 Å². The van der Waals surface area contributed by atoms with Crippen molar-refractivity contribution in [1.29, 1.82) is 0 Å². The number of benzene rings is 1. The zero-order valence-electron chi connectivity index (χ0n) is 16.5. The van der Waals surface area contributed by atoms with Crippen LogP contribution in [0.25, 0.3) is 5.69 Å². The number of piperidine rings is 1. The molecule has 156 valence electrons. The van der Waals surface area contributed by atoms with Crippen LogP contribution in [0.1, 0.15) is 66.6 Å². The van der Waals surface area contributed by atoms with Crippen LogP contribution in [0.5, 0.6) is 0 Å². The summed E-state index contributed by atoms with van der Waals surface area (Å²) < 4.78 is 1.57.